The molecule has 0 aromatic carbocycles. The van der Waals surface area contributed by atoms with Gasteiger partial charge in [0.2, 0.25) is 0 Å². The van der Waals surface area contributed by atoms with Crippen LogP contribution < -0.4 is 5.73 Å². The lowest BCUT2D eigenvalue weighted by Crippen LogP contribution is -2.36. The SMILES string of the molecule is CC1(C)CCCCC1C(N)c1cc(Cl)sc1Cl. The van der Waals surface area contributed by atoms with Crippen molar-refractivity contribution in [2.24, 2.45) is 17.1 Å². The molecule has 1 aromatic rings. The first-order valence-electron chi connectivity index (χ1n) is 6.12. The highest BCUT2D eigenvalue weighted by atomic mass is 35.5. The fourth-order valence-electron chi connectivity index (χ4n) is 2.98. The molecule has 0 saturated heterocycles. The van der Waals surface area contributed by atoms with E-state index in [0.717, 1.165) is 14.2 Å². The summed E-state index contributed by atoms with van der Waals surface area (Å²) < 4.78 is 1.48. The van der Waals surface area contributed by atoms with Crippen LogP contribution in [0.15, 0.2) is 6.07 Å². The second-order valence-electron chi connectivity index (χ2n) is 5.65. The minimum absolute atomic E-state index is 0.0153. The molecule has 1 aromatic heterocycles. The van der Waals surface area contributed by atoms with Gasteiger partial charge in [-0.1, -0.05) is 49.9 Å². The van der Waals surface area contributed by atoms with Crippen molar-refractivity contribution in [3.63, 3.8) is 0 Å². The zero-order valence-electron chi connectivity index (χ0n) is 10.3. The summed E-state index contributed by atoms with van der Waals surface area (Å²) in [6.45, 7) is 4.64. The fraction of sp³-hybridized carbons (Fsp3) is 0.692. The number of thiophene rings is 1. The van der Waals surface area contributed by atoms with Crippen LogP contribution in [-0.4, -0.2) is 0 Å². The molecule has 2 N–H and O–H groups in total. The highest BCUT2D eigenvalue weighted by Crippen LogP contribution is 2.48. The Morgan fingerprint density at radius 2 is 2.12 bits per heavy atom. The second kappa shape index (κ2) is 5.08. The maximum Gasteiger partial charge on any atom is 0.0991 e. The Hall–Kier alpha value is 0.240. The van der Waals surface area contributed by atoms with Crippen LogP contribution in [0.25, 0.3) is 0 Å². The van der Waals surface area contributed by atoms with Crippen LogP contribution in [0, 0.1) is 11.3 Å². The van der Waals surface area contributed by atoms with Crippen LogP contribution in [0.1, 0.15) is 51.1 Å². The van der Waals surface area contributed by atoms with Crippen molar-refractivity contribution in [1.82, 2.24) is 0 Å². The maximum absolute atomic E-state index is 6.42. The Morgan fingerprint density at radius 3 is 2.65 bits per heavy atom. The highest BCUT2D eigenvalue weighted by molar-refractivity contribution is 7.20. The zero-order chi connectivity index (χ0) is 12.6. The van der Waals surface area contributed by atoms with Gasteiger partial charge in [-0.05, 0) is 30.2 Å². The van der Waals surface area contributed by atoms with E-state index >= 15 is 0 Å². The van der Waals surface area contributed by atoms with E-state index in [1.165, 1.54) is 37.0 Å². The lowest BCUT2D eigenvalue weighted by molar-refractivity contribution is 0.113. The molecule has 0 spiro atoms. The van der Waals surface area contributed by atoms with E-state index in [4.69, 9.17) is 28.9 Å². The molecule has 0 radical (unpaired) electrons. The highest BCUT2D eigenvalue weighted by Gasteiger charge is 2.37. The topological polar surface area (TPSA) is 26.0 Å². The summed E-state index contributed by atoms with van der Waals surface area (Å²) in [6, 6.07) is 1.95. The molecule has 96 valence electrons. The third kappa shape index (κ3) is 2.81. The van der Waals surface area contributed by atoms with Crippen molar-refractivity contribution in [2.45, 2.75) is 45.6 Å². The van der Waals surface area contributed by atoms with Crippen molar-refractivity contribution in [3.05, 3.63) is 20.3 Å². The van der Waals surface area contributed by atoms with Gasteiger partial charge in [-0.15, -0.1) is 11.3 Å². The van der Waals surface area contributed by atoms with Crippen molar-refractivity contribution in [3.8, 4) is 0 Å². The molecule has 2 atom stereocenters. The fourth-order valence-corrected chi connectivity index (χ4v) is 4.55. The molecule has 1 saturated carbocycles. The predicted octanol–water partition coefficient (Wildman–Crippen LogP) is 5.27. The molecule has 2 unspecified atom stereocenters. The number of halogens is 2. The van der Waals surface area contributed by atoms with Crippen LogP contribution >= 0.6 is 34.5 Å². The van der Waals surface area contributed by atoms with E-state index in [-0.39, 0.29) is 6.04 Å². The normalized spacial score (nSPS) is 25.8. The number of nitrogens with two attached hydrogens (primary N) is 1. The van der Waals surface area contributed by atoms with Gasteiger partial charge in [0.25, 0.3) is 0 Å². The van der Waals surface area contributed by atoms with Gasteiger partial charge >= 0.3 is 0 Å². The Kier molecular flexibility index (Phi) is 4.09. The van der Waals surface area contributed by atoms with Gasteiger partial charge < -0.3 is 5.73 Å². The Bertz CT molecular complexity index is 400. The van der Waals surface area contributed by atoms with Gasteiger partial charge in [-0.25, -0.2) is 0 Å². The lowest BCUT2D eigenvalue weighted by Gasteiger charge is -2.42. The predicted molar refractivity (Wildman–Crippen MR) is 77.0 cm³/mol. The standard InChI is InChI=1S/C13H19Cl2NS/c1-13(2)6-4-3-5-9(13)11(16)8-7-10(14)17-12(8)15/h7,9,11H,3-6,16H2,1-2H3. The van der Waals surface area contributed by atoms with Crippen molar-refractivity contribution in [2.75, 3.05) is 0 Å². The van der Waals surface area contributed by atoms with E-state index in [1.54, 1.807) is 0 Å². The minimum Gasteiger partial charge on any atom is -0.324 e. The summed E-state index contributed by atoms with van der Waals surface area (Å²) in [7, 11) is 0. The van der Waals surface area contributed by atoms with Gasteiger partial charge in [0, 0.05) is 11.6 Å². The third-order valence-corrected chi connectivity index (χ3v) is 5.58. The molecule has 2 rings (SSSR count). The van der Waals surface area contributed by atoms with Crippen LogP contribution in [0.3, 0.4) is 0 Å². The van der Waals surface area contributed by atoms with Crippen molar-refractivity contribution in [1.29, 1.82) is 0 Å². The Labute approximate surface area is 117 Å². The molecule has 1 fully saturated rings. The molecule has 0 bridgehead atoms. The van der Waals surface area contributed by atoms with E-state index in [9.17, 15) is 0 Å². The van der Waals surface area contributed by atoms with Gasteiger partial charge in [-0.2, -0.15) is 0 Å². The molecular weight excluding hydrogens is 273 g/mol. The number of hydrogen-bond donors (Lipinski definition) is 1. The summed E-state index contributed by atoms with van der Waals surface area (Å²) in [4.78, 5) is 0. The van der Waals surface area contributed by atoms with Gasteiger partial charge in [0.05, 0.1) is 8.67 Å². The summed E-state index contributed by atoms with van der Waals surface area (Å²) in [5.74, 6) is 0.499. The lowest BCUT2D eigenvalue weighted by atomic mass is 9.65. The second-order valence-corrected chi connectivity index (χ2v) is 7.93. The molecule has 0 amide bonds. The summed E-state index contributed by atoms with van der Waals surface area (Å²) in [6.07, 6.45) is 5.03. The van der Waals surface area contributed by atoms with Crippen LogP contribution in [0.2, 0.25) is 8.67 Å². The van der Waals surface area contributed by atoms with Crippen LogP contribution in [0.4, 0.5) is 0 Å². The first-order valence-corrected chi connectivity index (χ1v) is 7.69. The zero-order valence-corrected chi connectivity index (χ0v) is 12.6. The van der Waals surface area contributed by atoms with Crippen molar-refractivity contribution >= 4 is 34.5 Å². The first-order chi connectivity index (χ1) is 7.92. The van der Waals surface area contributed by atoms with E-state index in [2.05, 4.69) is 13.8 Å². The molecule has 1 aliphatic carbocycles. The van der Waals surface area contributed by atoms with Crippen LogP contribution in [0.5, 0.6) is 0 Å². The van der Waals surface area contributed by atoms with E-state index in [1.807, 2.05) is 6.07 Å². The average Bonchev–Trinajstić information content (AvgIpc) is 2.56. The maximum atomic E-state index is 6.42. The molecular formula is C13H19Cl2NS. The third-order valence-electron chi connectivity index (χ3n) is 4.07. The quantitative estimate of drug-likeness (QED) is 0.789. The number of rotatable bonds is 2. The van der Waals surface area contributed by atoms with Gasteiger partial charge in [0.15, 0.2) is 0 Å². The monoisotopic (exact) mass is 291 g/mol. The van der Waals surface area contributed by atoms with Gasteiger partial charge in [0.1, 0.15) is 0 Å². The molecule has 1 aliphatic rings. The van der Waals surface area contributed by atoms with Gasteiger partial charge in [-0.3, -0.25) is 0 Å². The summed E-state index contributed by atoms with van der Waals surface area (Å²) >= 11 is 13.6. The molecule has 1 heterocycles. The smallest absolute Gasteiger partial charge is 0.0991 e. The molecule has 0 aliphatic heterocycles. The minimum atomic E-state index is 0.0153. The summed E-state index contributed by atoms with van der Waals surface area (Å²) in [5, 5.41) is 0. The molecule has 4 heteroatoms. The van der Waals surface area contributed by atoms with E-state index < -0.39 is 0 Å². The van der Waals surface area contributed by atoms with Crippen molar-refractivity contribution < 1.29 is 0 Å². The molecule has 1 nitrogen and oxygen atoms in total. The Balaban J connectivity index is 2.24. The summed E-state index contributed by atoms with van der Waals surface area (Å²) in [5.41, 5.74) is 7.75. The first kappa shape index (κ1) is 13.7. The number of hydrogen-bond acceptors (Lipinski definition) is 2. The van der Waals surface area contributed by atoms with Crippen LogP contribution in [-0.2, 0) is 0 Å². The largest absolute Gasteiger partial charge is 0.324 e. The molecule has 17 heavy (non-hydrogen) atoms. The average molecular weight is 292 g/mol. The Morgan fingerprint density at radius 1 is 1.41 bits per heavy atom. The van der Waals surface area contributed by atoms with E-state index in [0.29, 0.717) is 11.3 Å².